The molecule has 2 aromatic carbocycles. The van der Waals surface area contributed by atoms with Crippen LogP contribution in [-0.2, 0) is 0 Å². The second kappa shape index (κ2) is 14.7. The first-order valence-corrected chi connectivity index (χ1v) is 9.03. The van der Waals surface area contributed by atoms with Gasteiger partial charge < -0.3 is 4.74 Å². The van der Waals surface area contributed by atoms with Crippen molar-refractivity contribution >= 4 is 15.9 Å². The molecule has 0 bridgehead atoms. The van der Waals surface area contributed by atoms with Gasteiger partial charge in [0.1, 0.15) is 23.4 Å². The first-order valence-electron chi connectivity index (χ1n) is 8.24. The molecule has 0 N–H and O–H groups in total. The van der Waals surface area contributed by atoms with Crippen LogP contribution in [-0.4, -0.2) is 0 Å². The number of halogens is 2. The molecule has 0 amide bonds. The van der Waals surface area contributed by atoms with Gasteiger partial charge in [0, 0.05) is 10.5 Å². The summed E-state index contributed by atoms with van der Waals surface area (Å²) in [6.45, 7) is 13.6. The van der Waals surface area contributed by atoms with E-state index in [2.05, 4.69) is 15.9 Å². The van der Waals surface area contributed by atoms with E-state index in [1.807, 2.05) is 59.7 Å². The van der Waals surface area contributed by atoms with Crippen molar-refractivity contribution in [3.05, 3.63) is 57.8 Å². The molecule has 0 atom stereocenters. The van der Waals surface area contributed by atoms with E-state index in [0.29, 0.717) is 17.1 Å². The average molecular weight is 396 g/mol. The van der Waals surface area contributed by atoms with E-state index in [0.717, 1.165) is 4.47 Å². The molecule has 0 aliphatic rings. The summed E-state index contributed by atoms with van der Waals surface area (Å²) < 4.78 is 20.0. The quantitative estimate of drug-likeness (QED) is 0.523. The molecule has 0 aliphatic carbocycles. The van der Waals surface area contributed by atoms with Gasteiger partial charge >= 0.3 is 0 Å². The van der Waals surface area contributed by atoms with Gasteiger partial charge in [0.05, 0.1) is 5.56 Å². The van der Waals surface area contributed by atoms with Crippen molar-refractivity contribution in [1.82, 2.24) is 0 Å². The van der Waals surface area contributed by atoms with Crippen LogP contribution in [0.3, 0.4) is 0 Å². The summed E-state index contributed by atoms with van der Waals surface area (Å²) >= 11 is 3.33. The fraction of sp³-hybridized carbons (Fsp3) is 0.350. The number of benzene rings is 2. The molecular formula is C20H27BrFNO. The van der Waals surface area contributed by atoms with E-state index in [-0.39, 0.29) is 5.56 Å². The van der Waals surface area contributed by atoms with Crippen LogP contribution in [0.2, 0.25) is 0 Å². The Hall–Kier alpha value is -1.86. The standard InChI is InChI=1S/C14H9BrFNO.3C2H6/c1-9-6-13(7-10(8-17)14(9)16)18-12-4-2-11(15)3-5-12;3*1-2/h2-7H,1H3;3*1-2H3. The number of hydrogen-bond donors (Lipinski definition) is 0. The van der Waals surface area contributed by atoms with E-state index in [1.54, 1.807) is 25.1 Å². The van der Waals surface area contributed by atoms with Crippen LogP contribution in [0.1, 0.15) is 52.7 Å². The lowest BCUT2D eigenvalue weighted by molar-refractivity contribution is 0.479. The van der Waals surface area contributed by atoms with E-state index < -0.39 is 5.82 Å². The number of aryl methyl sites for hydroxylation is 1. The highest BCUT2D eigenvalue weighted by Crippen LogP contribution is 2.26. The SMILES string of the molecule is CC.CC.CC.Cc1cc(Oc2ccc(Br)cc2)cc(C#N)c1F. The predicted molar refractivity (Wildman–Crippen MR) is 104 cm³/mol. The fourth-order valence-electron chi connectivity index (χ4n) is 1.52. The summed E-state index contributed by atoms with van der Waals surface area (Å²) in [5.74, 6) is 0.585. The van der Waals surface area contributed by atoms with Crippen LogP contribution >= 0.6 is 15.9 Å². The Morgan fingerprint density at radius 3 is 1.88 bits per heavy atom. The van der Waals surface area contributed by atoms with E-state index in [1.165, 1.54) is 6.07 Å². The Morgan fingerprint density at radius 2 is 1.42 bits per heavy atom. The summed E-state index contributed by atoms with van der Waals surface area (Å²) in [5.41, 5.74) is 0.378. The topological polar surface area (TPSA) is 33.0 Å². The van der Waals surface area contributed by atoms with Crippen molar-refractivity contribution in [1.29, 1.82) is 5.26 Å². The second-order valence-electron chi connectivity index (χ2n) is 3.77. The summed E-state index contributed by atoms with van der Waals surface area (Å²) in [4.78, 5) is 0. The van der Waals surface area contributed by atoms with Gasteiger partial charge in [0.15, 0.2) is 0 Å². The minimum Gasteiger partial charge on any atom is -0.457 e. The maximum atomic E-state index is 13.5. The summed E-state index contributed by atoms with van der Waals surface area (Å²) in [6.07, 6.45) is 0. The van der Waals surface area contributed by atoms with Crippen molar-refractivity contribution in [3.63, 3.8) is 0 Å². The molecule has 0 radical (unpaired) electrons. The van der Waals surface area contributed by atoms with Gasteiger partial charge in [-0.2, -0.15) is 5.26 Å². The molecule has 0 heterocycles. The van der Waals surface area contributed by atoms with Gasteiger partial charge in [-0.05, 0) is 42.8 Å². The lowest BCUT2D eigenvalue weighted by Crippen LogP contribution is -1.92. The van der Waals surface area contributed by atoms with Crippen LogP contribution in [0.4, 0.5) is 4.39 Å². The number of hydrogen-bond acceptors (Lipinski definition) is 2. The van der Waals surface area contributed by atoms with Crippen LogP contribution in [0, 0.1) is 24.1 Å². The maximum Gasteiger partial charge on any atom is 0.144 e. The molecule has 2 aromatic rings. The predicted octanol–water partition coefficient (Wildman–Crippen LogP) is 7.64. The third-order valence-electron chi connectivity index (χ3n) is 2.40. The van der Waals surface area contributed by atoms with Crippen LogP contribution < -0.4 is 4.74 Å². The number of nitrogens with zero attached hydrogens (tertiary/aromatic N) is 1. The highest BCUT2D eigenvalue weighted by molar-refractivity contribution is 9.10. The molecule has 0 aliphatic heterocycles. The number of nitriles is 1. The molecule has 24 heavy (non-hydrogen) atoms. The molecule has 0 spiro atoms. The van der Waals surface area contributed by atoms with Gasteiger partial charge in [-0.3, -0.25) is 0 Å². The zero-order chi connectivity index (χ0) is 19.1. The van der Waals surface area contributed by atoms with Gasteiger partial charge in [0.2, 0.25) is 0 Å². The van der Waals surface area contributed by atoms with E-state index in [4.69, 9.17) is 10.00 Å². The second-order valence-corrected chi connectivity index (χ2v) is 4.69. The molecule has 4 heteroatoms. The zero-order valence-corrected chi connectivity index (χ0v) is 17.2. The van der Waals surface area contributed by atoms with Crippen LogP contribution in [0.5, 0.6) is 11.5 Å². The molecule has 2 nitrogen and oxygen atoms in total. The van der Waals surface area contributed by atoms with Crippen LogP contribution in [0.15, 0.2) is 40.9 Å². The maximum absolute atomic E-state index is 13.5. The molecule has 2 rings (SSSR count). The molecular weight excluding hydrogens is 369 g/mol. The largest absolute Gasteiger partial charge is 0.457 e. The van der Waals surface area contributed by atoms with Crippen LogP contribution in [0.25, 0.3) is 0 Å². The fourth-order valence-corrected chi connectivity index (χ4v) is 1.78. The Morgan fingerprint density at radius 1 is 0.917 bits per heavy atom. The van der Waals surface area contributed by atoms with Crippen molar-refractivity contribution < 1.29 is 9.13 Å². The Bertz CT molecular complexity index is 619. The summed E-state index contributed by atoms with van der Waals surface area (Å²) in [5, 5.41) is 8.82. The van der Waals surface area contributed by atoms with Crippen molar-refractivity contribution in [2.24, 2.45) is 0 Å². The Balaban J connectivity index is 0. The molecule has 0 saturated carbocycles. The van der Waals surface area contributed by atoms with Gasteiger partial charge in [0.25, 0.3) is 0 Å². The normalized spacial score (nSPS) is 8.17. The highest BCUT2D eigenvalue weighted by atomic mass is 79.9. The van der Waals surface area contributed by atoms with Gasteiger partial charge in [-0.25, -0.2) is 4.39 Å². The summed E-state index contributed by atoms with van der Waals surface area (Å²) in [6, 6.07) is 12.0. The Kier molecular flexibility index (Phi) is 15.0. The van der Waals surface area contributed by atoms with Gasteiger partial charge in [-0.1, -0.05) is 57.5 Å². The van der Waals surface area contributed by atoms with E-state index >= 15 is 0 Å². The van der Waals surface area contributed by atoms with Crippen molar-refractivity contribution in [2.75, 3.05) is 0 Å². The third kappa shape index (κ3) is 8.12. The minimum atomic E-state index is -0.499. The third-order valence-corrected chi connectivity index (χ3v) is 2.93. The zero-order valence-electron chi connectivity index (χ0n) is 15.6. The molecule has 0 fully saturated rings. The average Bonchev–Trinajstić information content (AvgIpc) is 2.65. The number of rotatable bonds is 2. The monoisotopic (exact) mass is 395 g/mol. The molecule has 132 valence electrons. The lowest BCUT2D eigenvalue weighted by Gasteiger charge is -2.08. The van der Waals surface area contributed by atoms with Crippen molar-refractivity contribution in [2.45, 2.75) is 48.5 Å². The highest BCUT2D eigenvalue weighted by Gasteiger charge is 2.08. The minimum absolute atomic E-state index is 0.0119. The summed E-state index contributed by atoms with van der Waals surface area (Å²) in [7, 11) is 0. The molecule has 0 saturated heterocycles. The lowest BCUT2D eigenvalue weighted by atomic mass is 10.1. The van der Waals surface area contributed by atoms with Crippen molar-refractivity contribution in [3.8, 4) is 17.6 Å². The number of ether oxygens (including phenoxy) is 1. The molecule has 0 aromatic heterocycles. The first kappa shape index (κ1) is 24.4. The van der Waals surface area contributed by atoms with E-state index in [9.17, 15) is 4.39 Å². The Labute approximate surface area is 154 Å². The van der Waals surface area contributed by atoms with Gasteiger partial charge in [-0.15, -0.1) is 0 Å². The smallest absolute Gasteiger partial charge is 0.144 e. The first-order chi connectivity index (χ1) is 11.6. The molecule has 0 unspecified atom stereocenters.